The largest absolute Gasteiger partial charge is 0.444 e. The highest BCUT2D eigenvalue weighted by atomic mass is 16.6. The predicted octanol–water partition coefficient (Wildman–Crippen LogP) is 3.68. The molecule has 1 aliphatic carbocycles. The Kier molecular flexibility index (Phi) is 4.15. The third kappa shape index (κ3) is 3.28. The van der Waals surface area contributed by atoms with E-state index in [1.807, 2.05) is 27.1 Å². The van der Waals surface area contributed by atoms with Crippen molar-refractivity contribution in [2.24, 2.45) is 0 Å². The normalized spacial score (nSPS) is 19.9. The van der Waals surface area contributed by atoms with Crippen LogP contribution in [0.15, 0.2) is 6.33 Å². The molecule has 22 heavy (non-hydrogen) atoms. The molecule has 1 fully saturated rings. The van der Waals surface area contributed by atoms with E-state index in [1.54, 1.807) is 4.90 Å². The van der Waals surface area contributed by atoms with Crippen LogP contribution in [-0.4, -0.2) is 32.7 Å². The molecule has 1 aromatic heterocycles. The molecular weight excluding hydrogens is 278 g/mol. The third-order valence-corrected chi connectivity index (χ3v) is 4.56. The summed E-state index contributed by atoms with van der Waals surface area (Å²) in [6, 6.07) is 0.609. The number of hydrogen-bond donors (Lipinski definition) is 0. The Morgan fingerprint density at radius 1 is 1.27 bits per heavy atom. The second kappa shape index (κ2) is 5.94. The maximum absolute atomic E-state index is 12.2. The molecule has 0 radical (unpaired) electrons. The smallest absolute Gasteiger partial charge is 0.410 e. The molecule has 1 saturated carbocycles. The molecule has 2 heterocycles. The zero-order valence-electron chi connectivity index (χ0n) is 14.0. The highest BCUT2D eigenvalue weighted by Gasteiger charge is 2.29. The Morgan fingerprint density at radius 3 is 2.68 bits per heavy atom. The fourth-order valence-electron chi connectivity index (χ4n) is 3.49. The minimum absolute atomic E-state index is 0.231. The van der Waals surface area contributed by atoms with Crippen molar-refractivity contribution >= 4 is 6.09 Å². The van der Waals surface area contributed by atoms with E-state index in [0.717, 1.165) is 18.7 Å². The van der Waals surface area contributed by atoms with E-state index in [4.69, 9.17) is 4.74 Å². The zero-order chi connectivity index (χ0) is 15.7. The van der Waals surface area contributed by atoms with E-state index in [-0.39, 0.29) is 6.09 Å². The van der Waals surface area contributed by atoms with Gasteiger partial charge in [-0.25, -0.2) is 9.78 Å². The lowest BCUT2D eigenvalue weighted by molar-refractivity contribution is 0.0219. The average Bonchev–Trinajstić information content (AvgIpc) is 2.89. The van der Waals surface area contributed by atoms with Crippen LogP contribution < -0.4 is 0 Å². The molecule has 5 heteroatoms. The lowest BCUT2D eigenvalue weighted by Crippen LogP contribution is -2.40. The van der Waals surface area contributed by atoms with E-state index >= 15 is 0 Å². The molecule has 0 unspecified atom stereocenters. The average molecular weight is 305 g/mol. The van der Waals surface area contributed by atoms with Gasteiger partial charge in [-0.05, 0) is 33.6 Å². The van der Waals surface area contributed by atoms with Crippen molar-refractivity contribution in [1.29, 1.82) is 0 Å². The molecule has 3 rings (SSSR count). The maximum atomic E-state index is 12.2. The number of nitrogens with zero attached hydrogens (tertiary/aromatic N) is 3. The highest BCUT2D eigenvalue weighted by molar-refractivity contribution is 5.68. The van der Waals surface area contributed by atoms with Crippen LogP contribution in [0.25, 0.3) is 0 Å². The van der Waals surface area contributed by atoms with Crippen LogP contribution >= 0.6 is 0 Å². The number of carbonyl (C=O) groups excluding carboxylic acids is 1. The summed E-state index contributed by atoms with van der Waals surface area (Å²) < 4.78 is 7.84. The van der Waals surface area contributed by atoms with Crippen LogP contribution in [0.2, 0.25) is 0 Å². The minimum atomic E-state index is -0.446. The standard InChI is InChI=1S/C17H27N3O2/c1-17(2,3)22-16(21)19-10-9-15-14(11-19)18-12-20(15)13-7-5-4-6-8-13/h12-13H,4-11H2,1-3H3. The molecule has 0 spiro atoms. The number of hydrogen-bond acceptors (Lipinski definition) is 3. The fourth-order valence-corrected chi connectivity index (χ4v) is 3.49. The van der Waals surface area contributed by atoms with Crippen molar-refractivity contribution in [3.63, 3.8) is 0 Å². The van der Waals surface area contributed by atoms with Crippen molar-refractivity contribution in [3.05, 3.63) is 17.7 Å². The first kappa shape index (κ1) is 15.4. The first-order chi connectivity index (χ1) is 10.4. The Bertz CT molecular complexity index is 539. The number of imidazole rings is 1. The Hall–Kier alpha value is -1.52. The second-order valence-electron chi connectivity index (χ2n) is 7.49. The summed E-state index contributed by atoms with van der Waals surface area (Å²) in [6.45, 7) is 7.00. The fraction of sp³-hybridized carbons (Fsp3) is 0.765. The zero-order valence-corrected chi connectivity index (χ0v) is 14.0. The molecule has 1 amide bonds. The topological polar surface area (TPSA) is 47.4 Å². The lowest BCUT2D eigenvalue weighted by Gasteiger charge is -2.31. The second-order valence-corrected chi connectivity index (χ2v) is 7.49. The first-order valence-corrected chi connectivity index (χ1v) is 8.46. The Balaban J connectivity index is 1.69. The van der Waals surface area contributed by atoms with Gasteiger partial charge in [-0.2, -0.15) is 0 Å². The Labute approximate surface area is 132 Å². The van der Waals surface area contributed by atoms with Gasteiger partial charge >= 0.3 is 6.09 Å². The van der Waals surface area contributed by atoms with Crippen LogP contribution in [0.5, 0.6) is 0 Å². The van der Waals surface area contributed by atoms with Crippen molar-refractivity contribution < 1.29 is 9.53 Å². The van der Waals surface area contributed by atoms with Gasteiger partial charge in [-0.15, -0.1) is 0 Å². The van der Waals surface area contributed by atoms with Gasteiger partial charge in [0.25, 0.3) is 0 Å². The van der Waals surface area contributed by atoms with Gasteiger partial charge < -0.3 is 14.2 Å². The van der Waals surface area contributed by atoms with Gasteiger partial charge in [-0.1, -0.05) is 19.3 Å². The summed E-state index contributed by atoms with van der Waals surface area (Å²) in [4.78, 5) is 18.5. The molecule has 2 aliphatic rings. The van der Waals surface area contributed by atoms with Crippen molar-refractivity contribution in [1.82, 2.24) is 14.5 Å². The van der Waals surface area contributed by atoms with Gasteiger partial charge in [0.2, 0.25) is 0 Å². The summed E-state index contributed by atoms with van der Waals surface area (Å²) in [6.07, 6.45) is 9.16. The van der Waals surface area contributed by atoms with Crippen LogP contribution in [0.3, 0.4) is 0 Å². The Morgan fingerprint density at radius 2 is 2.00 bits per heavy atom. The van der Waals surface area contributed by atoms with Crippen LogP contribution in [0.4, 0.5) is 4.79 Å². The van der Waals surface area contributed by atoms with E-state index in [2.05, 4.69) is 9.55 Å². The molecule has 0 N–H and O–H groups in total. The number of rotatable bonds is 1. The molecule has 1 aromatic rings. The van der Waals surface area contributed by atoms with Crippen LogP contribution in [0, 0.1) is 0 Å². The third-order valence-electron chi connectivity index (χ3n) is 4.56. The summed E-state index contributed by atoms with van der Waals surface area (Å²) in [5.74, 6) is 0. The number of fused-ring (bicyclic) bond motifs is 1. The minimum Gasteiger partial charge on any atom is -0.444 e. The molecule has 0 bridgehead atoms. The summed E-state index contributed by atoms with van der Waals surface area (Å²) in [7, 11) is 0. The first-order valence-electron chi connectivity index (χ1n) is 8.46. The molecule has 0 saturated heterocycles. The van der Waals surface area contributed by atoms with Gasteiger partial charge in [0, 0.05) is 24.7 Å². The molecule has 0 aromatic carbocycles. The van der Waals surface area contributed by atoms with E-state index < -0.39 is 5.60 Å². The molecule has 122 valence electrons. The van der Waals surface area contributed by atoms with Gasteiger partial charge in [0.05, 0.1) is 18.6 Å². The van der Waals surface area contributed by atoms with Gasteiger partial charge in [0.1, 0.15) is 5.60 Å². The molecule has 5 nitrogen and oxygen atoms in total. The van der Waals surface area contributed by atoms with Crippen molar-refractivity contribution in [2.45, 2.75) is 77.5 Å². The summed E-state index contributed by atoms with van der Waals surface area (Å²) in [5, 5.41) is 0. The molecule has 1 aliphatic heterocycles. The summed E-state index contributed by atoms with van der Waals surface area (Å²) in [5.41, 5.74) is 1.92. The predicted molar refractivity (Wildman–Crippen MR) is 84.7 cm³/mol. The van der Waals surface area contributed by atoms with Crippen LogP contribution in [-0.2, 0) is 17.7 Å². The van der Waals surface area contributed by atoms with Gasteiger partial charge in [0.15, 0.2) is 0 Å². The van der Waals surface area contributed by atoms with E-state index in [0.29, 0.717) is 12.6 Å². The SMILES string of the molecule is CC(C)(C)OC(=O)N1CCc2c(ncn2C2CCCCC2)C1. The molecule has 0 atom stereocenters. The van der Waals surface area contributed by atoms with E-state index in [9.17, 15) is 4.79 Å². The number of carbonyl (C=O) groups is 1. The monoisotopic (exact) mass is 305 g/mol. The lowest BCUT2D eigenvalue weighted by atomic mass is 9.95. The van der Waals surface area contributed by atoms with Crippen molar-refractivity contribution in [2.75, 3.05) is 6.54 Å². The van der Waals surface area contributed by atoms with Gasteiger partial charge in [-0.3, -0.25) is 0 Å². The summed E-state index contributed by atoms with van der Waals surface area (Å²) >= 11 is 0. The highest BCUT2D eigenvalue weighted by Crippen LogP contribution is 2.31. The number of ether oxygens (including phenoxy) is 1. The molecular formula is C17H27N3O2. The van der Waals surface area contributed by atoms with Crippen molar-refractivity contribution in [3.8, 4) is 0 Å². The van der Waals surface area contributed by atoms with E-state index in [1.165, 1.54) is 37.8 Å². The quantitative estimate of drug-likeness (QED) is 0.795. The van der Waals surface area contributed by atoms with Crippen LogP contribution in [0.1, 0.15) is 70.3 Å². The number of aromatic nitrogens is 2. The number of amides is 1. The maximum Gasteiger partial charge on any atom is 0.410 e.